The summed E-state index contributed by atoms with van der Waals surface area (Å²) in [6, 6.07) is 0.438. The molecule has 0 N–H and O–H groups in total. The molecule has 0 spiro atoms. The molecule has 0 aliphatic heterocycles. The van der Waals surface area contributed by atoms with E-state index in [1.54, 1.807) is 6.92 Å². The van der Waals surface area contributed by atoms with E-state index in [0.717, 1.165) is 18.5 Å². The van der Waals surface area contributed by atoms with Crippen LogP contribution in [0.2, 0.25) is 5.02 Å². The number of rotatable bonds is 2. The average Bonchev–Trinajstić information content (AvgIpc) is 2.54. The molecule has 1 fully saturated rings. The highest BCUT2D eigenvalue weighted by molar-refractivity contribution is 6.35. The molecular formula is C12H12ClN3O2. The Labute approximate surface area is 109 Å². The molecule has 0 radical (unpaired) electrons. The summed E-state index contributed by atoms with van der Waals surface area (Å²) in [5, 5.41) is 12.2. The normalized spacial score (nSPS) is 15.9. The molecule has 6 heteroatoms. The Morgan fingerprint density at radius 3 is 2.83 bits per heavy atom. The van der Waals surface area contributed by atoms with Crippen LogP contribution in [0.5, 0.6) is 0 Å². The van der Waals surface area contributed by atoms with Crippen LogP contribution in [-0.2, 0) is 0 Å². The number of pyridine rings is 1. The van der Waals surface area contributed by atoms with E-state index in [9.17, 15) is 10.1 Å². The number of halogens is 1. The molecule has 2 aromatic heterocycles. The van der Waals surface area contributed by atoms with E-state index in [1.165, 1.54) is 12.6 Å². The summed E-state index contributed by atoms with van der Waals surface area (Å²) in [7, 11) is 0. The second kappa shape index (κ2) is 3.95. The highest BCUT2D eigenvalue weighted by atomic mass is 35.5. The van der Waals surface area contributed by atoms with Crippen molar-refractivity contribution in [3.63, 3.8) is 0 Å². The van der Waals surface area contributed by atoms with E-state index < -0.39 is 4.92 Å². The van der Waals surface area contributed by atoms with Gasteiger partial charge in [-0.1, -0.05) is 11.6 Å². The maximum atomic E-state index is 10.9. The summed E-state index contributed by atoms with van der Waals surface area (Å²) in [5.41, 5.74) is 1.37. The molecule has 0 aromatic carbocycles. The van der Waals surface area contributed by atoms with Crippen molar-refractivity contribution in [1.29, 1.82) is 0 Å². The van der Waals surface area contributed by atoms with Gasteiger partial charge in [-0.2, -0.15) is 0 Å². The summed E-state index contributed by atoms with van der Waals surface area (Å²) in [6.45, 7) is 1.72. The molecule has 0 saturated heterocycles. The number of nitro groups is 1. The summed E-state index contributed by atoms with van der Waals surface area (Å²) >= 11 is 6.20. The van der Waals surface area contributed by atoms with Crippen LogP contribution in [0.3, 0.4) is 0 Å². The zero-order chi connectivity index (χ0) is 12.9. The molecule has 18 heavy (non-hydrogen) atoms. The molecule has 0 unspecified atom stereocenters. The number of nitrogens with zero attached hydrogens (tertiary/aromatic N) is 3. The smallest absolute Gasteiger partial charge is 0.291 e. The van der Waals surface area contributed by atoms with Gasteiger partial charge in [-0.05, 0) is 26.2 Å². The maximum absolute atomic E-state index is 10.9. The lowest BCUT2D eigenvalue weighted by Crippen LogP contribution is -2.16. The first-order chi connectivity index (χ1) is 8.59. The number of aromatic nitrogens is 2. The molecular weight excluding hydrogens is 254 g/mol. The van der Waals surface area contributed by atoms with Gasteiger partial charge in [-0.25, -0.2) is 4.98 Å². The minimum Gasteiger partial charge on any atom is -0.328 e. The van der Waals surface area contributed by atoms with E-state index >= 15 is 0 Å². The first kappa shape index (κ1) is 11.5. The van der Waals surface area contributed by atoms with Crippen LogP contribution in [0.1, 0.15) is 30.9 Å². The molecule has 0 atom stereocenters. The minimum atomic E-state index is -0.418. The molecule has 1 saturated carbocycles. The van der Waals surface area contributed by atoms with Gasteiger partial charge in [-0.3, -0.25) is 10.1 Å². The Morgan fingerprint density at radius 2 is 2.28 bits per heavy atom. The van der Waals surface area contributed by atoms with Crippen LogP contribution < -0.4 is 0 Å². The van der Waals surface area contributed by atoms with Crippen molar-refractivity contribution in [3.8, 4) is 0 Å². The second-order valence-electron chi connectivity index (χ2n) is 4.69. The fourth-order valence-corrected chi connectivity index (χ4v) is 2.77. The lowest BCUT2D eigenvalue weighted by Gasteiger charge is -2.27. The molecule has 0 bridgehead atoms. The first-order valence-corrected chi connectivity index (χ1v) is 6.27. The molecule has 3 rings (SSSR count). The molecule has 1 aliphatic carbocycles. The molecule has 5 nitrogen and oxygen atoms in total. The van der Waals surface area contributed by atoms with Crippen molar-refractivity contribution in [2.75, 3.05) is 0 Å². The Balaban J connectivity index is 2.26. The standard InChI is InChI=1S/C12H12ClN3O2/c1-7-10(16(17)18)5-14-12-11(7)9(13)6-15(12)8-3-2-4-8/h5-6,8H,2-4H2,1H3. The highest BCUT2D eigenvalue weighted by Crippen LogP contribution is 2.39. The SMILES string of the molecule is Cc1c([N+](=O)[O-])cnc2c1c(Cl)cn2C1CCC1. The zero-order valence-electron chi connectivity index (χ0n) is 9.89. The van der Waals surface area contributed by atoms with E-state index in [-0.39, 0.29) is 5.69 Å². The summed E-state index contributed by atoms with van der Waals surface area (Å²) in [5.74, 6) is 0. The lowest BCUT2D eigenvalue weighted by molar-refractivity contribution is -0.385. The largest absolute Gasteiger partial charge is 0.328 e. The monoisotopic (exact) mass is 265 g/mol. The Morgan fingerprint density at radius 1 is 1.56 bits per heavy atom. The van der Waals surface area contributed by atoms with Crippen molar-refractivity contribution in [2.45, 2.75) is 32.2 Å². The van der Waals surface area contributed by atoms with Gasteiger partial charge in [0.05, 0.1) is 9.95 Å². The quantitative estimate of drug-likeness (QED) is 0.615. The van der Waals surface area contributed by atoms with E-state index in [0.29, 0.717) is 22.0 Å². The van der Waals surface area contributed by atoms with Crippen molar-refractivity contribution < 1.29 is 4.92 Å². The molecule has 2 aromatic rings. The fraction of sp³-hybridized carbons (Fsp3) is 0.417. The van der Waals surface area contributed by atoms with Gasteiger partial charge >= 0.3 is 0 Å². The van der Waals surface area contributed by atoms with Crippen molar-refractivity contribution in [1.82, 2.24) is 9.55 Å². The van der Waals surface area contributed by atoms with Crippen LogP contribution in [0.25, 0.3) is 11.0 Å². The van der Waals surface area contributed by atoms with Gasteiger partial charge in [-0.15, -0.1) is 0 Å². The zero-order valence-corrected chi connectivity index (χ0v) is 10.6. The van der Waals surface area contributed by atoms with E-state index in [4.69, 9.17) is 11.6 Å². The first-order valence-electron chi connectivity index (χ1n) is 5.89. The fourth-order valence-electron chi connectivity index (χ4n) is 2.44. The third-order valence-corrected chi connectivity index (χ3v) is 3.98. The third-order valence-electron chi connectivity index (χ3n) is 3.69. The Bertz CT molecular complexity index is 646. The van der Waals surface area contributed by atoms with Gasteiger partial charge in [0.15, 0.2) is 0 Å². The van der Waals surface area contributed by atoms with Crippen molar-refractivity contribution in [2.24, 2.45) is 0 Å². The number of hydrogen-bond donors (Lipinski definition) is 0. The molecule has 0 amide bonds. The topological polar surface area (TPSA) is 61.0 Å². The van der Waals surface area contributed by atoms with Gasteiger partial charge in [0.1, 0.15) is 11.8 Å². The lowest BCUT2D eigenvalue weighted by atomic mass is 9.93. The minimum absolute atomic E-state index is 0.0239. The number of fused-ring (bicyclic) bond motifs is 1. The van der Waals surface area contributed by atoms with Gasteiger partial charge in [0, 0.05) is 23.2 Å². The summed E-state index contributed by atoms with van der Waals surface area (Å²) in [6.07, 6.45) is 6.63. The van der Waals surface area contributed by atoms with Gasteiger partial charge in [0.2, 0.25) is 0 Å². The molecule has 1 aliphatic rings. The van der Waals surface area contributed by atoms with Crippen LogP contribution >= 0.6 is 11.6 Å². The molecule has 94 valence electrons. The third kappa shape index (κ3) is 1.50. The van der Waals surface area contributed by atoms with Crippen molar-refractivity contribution in [3.05, 3.63) is 33.1 Å². The van der Waals surface area contributed by atoms with Crippen LogP contribution in [-0.4, -0.2) is 14.5 Å². The Hall–Kier alpha value is -1.62. The summed E-state index contributed by atoms with van der Waals surface area (Å²) in [4.78, 5) is 14.7. The van der Waals surface area contributed by atoms with E-state index in [1.807, 2.05) is 6.20 Å². The highest BCUT2D eigenvalue weighted by Gasteiger charge is 2.25. The summed E-state index contributed by atoms with van der Waals surface area (Å²) < 4.78 is 2.05. The predicted octanol–water partition coefficient (Wildman–Crippen LogP) is 3.63. The maximum Gasteiger partial charge on any atom is 0.291 e. The second-order valence-corrected chi connectivity index (χ2v) is 5.10. The van der Waals surface area contributed by atoms with Crippen LogP contribution in [0, 0.1) is 17.0 Å². The van der Waals surface area contributed by atoms with E-state index in [2.05, 4.69) is 9.55 Å². The predicted molar refractivity (Wildman–Crippen MR) is 69.0 cm³/mol. The number of hydrogen-bond acceptors (Lipinski definition) is 3. The van der Waals surface area contributed by atoms with Crippen LogP contribution in [0.4, 0.5) is 5.69 Å². The average molecular weight is 266 g/mol. The Kier molecular flexibility index (Phi) is 2.52. The van der Waals surface area contributed by atoms with Crippen molar-refractivity contribution >= 4 is 28.3 Å². The number of aryl methyl sites for hydroxylation is 1. The van der Waals surface area contributed by atoms with Crippen LogP contribution in [0.15, 0.2) is 12.4 Å². The van der Waals surface area contributed by atoms with Gasteiger partial charge < -0.3 is 4.57 Å². The molecule has 2 heterocycles. The van der Waals surface area contributed by atoms with Gasteiger partial charge in [0.25, 0.3) is 5.69 Å².